The molecule has 0 aliphatic carbocycles. The van der Waals surface area contributed by atoms with Crippen LogP contribution in [0.2, 0.25) is 5.02 Å². The highest BCUT2D eigenvalue weighted by molar-refractivity contribution is 6.30. The fourth-order valence-corrected chi connectivity index (χ4v) is 1.43. The first kappa shape index (κ1) is 13.1. The molecule has 7 heteroatoms. The molecule has 0 bridgehead atoms. The number of hydrogen-bond donors (Lipinski definition) is 2. The number of aromatic nitrogens is 2. The van der Waals surface area contributed by atoms with Gasteiger partial charge in [-0.2, -0.15) is 5.10 Å². The average molecular weight is 280 g/mol. The number of nitrogens with one attached hydrogen (secondary N) is 2. The lowest BCUT2D eigenvalue weighted by molar-refractivity contribution is -0.119. The van der Waals surface area contributed by atoms with Crippen LogP contribution >= 0.6 is 11.6 Å². The Kier molecular flexibility index (Phi) is 4.15. The quantitative estimate of drug-likeness (QED) is 0.837. The van der Waals surface area contributed by atoms with Gasteiger partial charge in [-0.1, -0.05) is 11.6 Å². The van der Waals surface area contributed by atoms with Crippen LogP contribution in [0.4, 0.5) is 5.69 Å². The van der Waals surface area contributed by atoms with Crippen LogP contribution in [0, 0.1) is 0 Å². The molecule has 0 saturated carbocycles. The number of nitrogens with zero attached hydrogens (tertiary/aromatic N) is 1. The van der Waals surface area contributed by atoms with Gasteiger partial charge in [-0.05, 0) is 30.3 Å². The van der Waals surface area contributed by atoms with E-state index in [0.717, 1.165) is 0 Å². The largest absolute Gasteiger partial charge is 0.451 e. The van der Waals surface area contributed by atoms with E-state index >= 15 is 0 Å². The zero-order chi connectivity index (χ0) is 13.7. The number of carbonyl (C=O) groups excluding carboxylic acids is 2. The Morgan fingerprint density at radius 3 is 2.63 bits per heavy atom. The molecule has 0 aliphatic rings. The summed E-state index contributed by atoms with van der Waals surface area (Å²) in [5.74, 6) is -1.07. The molecule has 0 fully saturated rings. The zero-order valence-electron chi connectivity index (χ0n) is 9.72. The van der Waals surface area contributed by atoms with E-state index in [9.17, 15) is 9.59 Å². The fourth-order valence-electron chi connectivity index (χ4n) is 1.31. The van der Waals surface area contributed by atoms with Crippen LogP contribution in [0.1, 0.15) is 10.5 Å². The molecule has 1 amide bonds. The number of carbonyl (C=O) groups is 2. The van der Waals surface area contributed by atoms with Gasteiger partial charge in [0, 0.05) is 16.9 Å². The molecule has 98 valence electrons. The molecule has 0 spiro atoms. The van der Waals surface area contributed by atoms with E-state index in [1.54, 1.807) is 24.3 Å². The van der Waals surface area contributed by atoms with Crippen molar-refractivity contribution < 1.29 is 14.3 Å². The van der Waals surface area contributed by atoms with Gasteiger partial charge in [-0.3, -0.25) is 9.89 Å². The van der Waals surface area contributed by atoms with Crippen molar-refractivity contribution in [1.29, 1.82) is 0 Å². The molecule has 1 heterocycles. The monoisotopic (exact) mass is 279 g/mol. The number of hydrogen-bond acceptors (Lipinski definition) is 4. The van der Waals surface area contributed by atoms with Crippen LogP contribution in [0.5, 0.6) is 0 Å². The van der Waals surface area contributed by atoms with E-state index in [1.165, 1.54) is 12.3 Å². The normalized spacial score (nSPS) is 9.95. The lowest BCUT2D eigenvalue weighted by atomic mass is 10.3. The summed E-state index contributed by atoms with van der Waals surface area (Å²) < 4.78 is 4.80. The van der Waals surface area contributed by atoms with Crippen molar-refractivity contribution in [3.8, 4) is 0 Å². The Bertz CT molecular complexity index is 566. The highest BCUT2D eigenvalue weighted by Gasteiger charge is 2.11. The standard InChI is InChI=1S/C12H10ClN3O3/c13-8-1-3-9(4-2-8)15-11(17)7-19-12(18)10-5-6-14-16-10/h1-6H,7H2,(H,14,16)(H,15,17). The van der Waals surface area contributed by atoms with Gasteiger partial charge in [0.05, 0.1) is 0 Å². The number of amides is 1. The highest BCUT2D eigenvalue weighted by atomic mass is 35.5. The predicted molar refractivity (Wildman–Crippen MR) is 69.0 cm³/mol. The fraction of sp³-hybridized carbons (Fsp3) is 0.0833. The van der Waals surface area contributed by atoms with Gasteiger partial charge in [-0.15, -0.1) is 0 Å². The SMILES string of the molecule is O=C(COC(=O)c1ccn[nH]1)Nc1ccc(Cl)cc1. The molecular formula is C12H10ClN3O3. The molecule has 0 unspecified atom stereocenters. The first-order chi connectivity index (χ1) is 9.15. The molecule has 6 nitrogen and oxygen atoms in total. The Morgan fingerprint density at radius 2 is 2.00 bits per heavy atom. The number of esters is 1. The van der Waals surface area contributed by atoms with Crippen molar-refractivity contribution in [3.63, 3.8) is 0 Å². The number of H-pyrrole nitrogens is 1. The van der Waals surface area contributed by atoms with E-state index in [0.29, 0.717) is 10.7 Å². The Hall–Kier alpha value is -2.34. The van der Waals surface area contributed by atoms with Crippen LogP contribution in [0.25, 0.3) is 0 Å². The Balaban J connectivity index is 1.82. The molecule has 0 aliphatic heterocycles. The molecule has 2 rings (SSSR count). The molecule has 0 saturated heterocycles. The van der Waals surface area contributed by atoms with Gasteiger partial charge in [0.1, 0.15) is 5.69 Å². The molecule has 2 N–H and O–H groups in total. The predicted octanol–water partition coefficient (Wildman–Crippen LogP) is 1.86. The lowest BCUT2D eigenvalue weighted by Gasteiger charge is -2.05. The van der Waals surface area contributed by atoms with Crippen molar-refractivity contribution in [2.24, 2.45) is 0 Å². The van der Waals surface area contributed by atoms with Crippen molar-refractivity contribution in [2.45, 2.75) is 0 Å². The second-order valence-electron chi connectivity index (χ2n) is 3.60. The summed E-state index contributed by atoms with van der Waals surface area (Å²) in [6.07, 6.45) is 1.42. The van der Waals surface area contributed by atoms with E-state index in [-0.39, 0.29) is 12.3 Å². The molecule has 1 aromatic carbocycles. The maximum absolute atomic E-state index is 11.5. The zero-order valence-corrected chi connectivity index (χ0v) is 10.5. The van der Waals surface area contributed by atoms with E-state index in [4.69, 9.17) is 16.3 Å². The van der Waals surface area contributed by atoms with Crippen LogP contribution in [-0.4, -0.2) is 28.7 Å². The number of ether oxygens (including phenoxy) is 1. The number of benzene rings is 1. The van der Waals surface area contributed by atoms with Gasteiger partial charge in [0.15, 0.2) is 6.61 Å². The minimum Gasteiger partial charge on any atom is -0.451 e. The smallest absolute Gasteiger partial charge is 0.356 e. The molecule has 0 radical (unpaired) electrons. The minimum absolute atomic E-state index is 0.194. The van der Waals surface area contributed by atoms with Crippen LogP contribution in [-0.2, 0) is 9.53 Å². The number of anilines is 1. The van der Waals surface area contributed by atoms with Gasteiger partial charge < -0.3 is 10.1 Å². The van der Waals surface area contributed by atoms with E-state index < -0.39 is 11.9 Å². The molecule has 2 aromatic rings. The highest BCUT2D eigenvalue weighted by Crippen LogP contribution is 2.13. The molecular weight excluding hydrogens is 270 g/mol. The second-order valence-corrected chi connectivity index (χ2v) is 4.04. The average Bonchev–Trinajstić information content (AvgIpc) is 2.93. The van der Waals surface area contributed by atoms with Crippen molar-refractivity contribution in [1.82, 2.24) is 10.2 Å². The first-order valence-electron chi connectivity index (χ1n) is 5.37. The number of aromatic amines is 1. The molecule has 19 heavy (non-hydrogen) atoms. The topological polar surface area (TPSA) is 84.1 Å². The lowest BCUT2D eigenvalue weighted by Crippen LogP contribution is -2.21. The summed E-state index contributed by atoms with van der Waals surface area (Å²) >= 11 is 5.72. The van der Waals surface area contributed by atoms with E-state index in [1.807, 2.05) is 0 Å². The van der Waals surface area contributed by atoms with Gasteiger partial charge in [-0.25, -0.2) is 4.79 Å². The van der Waals surface area contributed by atoms with Gasteiger partial charge >= 0.3 is 5.97 Å². The van der Waals surface area contributed by atoms with E-state index in [2.05, 4.69) is 15.5 Å². The second kappa shape index (κ2) is 6.01. The summed E-state index contributed by atoms with van der Waals surface area (Å²) in [7, 11) is 0. The van der Waals surface area contributed by atoms with Crippen LogP contribution in [0.15, 0.2) is 36.5 Å². The van der Waals surface area contributed by atoms with Crippen LogP contribution in [0.3, 0.4) is 0 Å². The summed E-state index contributed by atoms with van der Waals surface area (Å²) in [5.41, 5.74) is 0.770. The Morgan fingerprint density at radius 1 is 1.26 bits per heavy atom. The van der Waals surface area contributed by atoms with Crippen molar-refractivity contribution in [2.75, 3.05) is 11.9 Å². The number of halogens is 1. The van der Waals surface area contributed by atoms with Gasteiger partial charge in [0.2, 0.25) is 0 Å². The molecule has 0 atom stereocenters. The molecule has 1 aromatic heterocycles. The minimum atomic E-state index is -0.635. The third-order valence-corrected chi connectivity index (χ3v) is 2.43. The maximum atomic E-state index is 11.5. The third-order valence-electron chi connectivity index (χ3n) is 2.18. The van der Waals surface area contributed by atoms with Gasteiger partial charge in [0.25, 0.3) is 5.91 Å². The van der Waals surface area contributed by atoms with Crippen molar-refractivity contribution >= 4 is 29.2 Å². The summed E-state index contributed by atoms with van der Waals surface area (Å²) in [4.78, 5) is 22.9. The Labute approximate surface area is 113 Å². The summed E-state index contributed by atoms with van der Waals surface area (Å²) in [6.45, 7) is -0.375. The summed E-state index contributed by atoms with van der Waals surface area (Å²) in [6, 6.07) is 8.05. The first-order valence-corrected chi connectivity index (χ1v) is 5.75. The number of rotatable bonds is 4. The third kappa shape index (κ3) is 3.82. The van der Waals surface area contributed by atoms with Crippen LogP contribution < -0.4 is 5.32 Å². The summed E-state index contributed by atoms with van der Waals surface area (Å²) in [5, 5.41) is 9.20. The maximum Gasteiger partial charge on any atom is 0.356 e. The van der Waals surface area contributed by atoms with Crippen molar-refractivity contribution in [3.05, 3.63) is 47.2 Å².